The number of furan rings is 1. The van der Waals surface area contributed by atoms with E-state index in [-0.39, 0.29) is 18.3 Å². The summed E-state index contributed by atoms with van der Waals surface area (Å²) in [5, 5.41) is 12.6. The number of ether oxygens (including phenoxy) is 1. The standard InChI is InChI=1S/C25H29N5O4/c1-33-19-6-4-18(5-7-19)26-24-23-20(15-17(16-21(23)32)22-3-2-14-34-22)27-25(28-24)30-10-8-29(9-11-30)12-13-31/h2-7,14,17,31H,8-13,15-16H2,1H3,(H,26,27,28). The van der Waals surface area contributed by atoms with E-state index in [1.807, 2.05) is 36.4 Å². The summed E-state index contributed by atoms with van der Waals surface area (Å²) in [4.78, 5) is 27.3. The molecule has 9 heteroatoms. The molecule has 34 heavy (non-hydrogen) atoms. The second-order valence-electron chi connectivity index (χ2n) is 8.64. The van der Waals surface area contributed by atoms with Crippen molar-refractivity contribution in [2.45, 2.75) is 18.8 Å². The lowest BCUT2D eigenvalue weighted by atomic mass is 9.84. The van der Waals surface area contributed by atoms with Crippen LogP contribution in [0.1, 0.15) is 34.2 Å². The molecule has 1 aliphatic carbocycles. The second kappa shape index (κ2) is 9.82. The average molecular weight is 464 g/mol. The van der Waals surface area contributed by atoms with Crippen LogP contribution in [0.4, 0.5) is 17.5 Å². The van der Waals surface area contributed by atoms with Gasteiger partial charge in [-0.3, -0.25) is 9.69 Å². The van der Waals surface area contributed by atoms with Gasteiger partial charge in [0, 0.05) is 57.2 Å². The number of nitrogens with zero attached hydrogens (tertiary/aromatic N) is 4. The van der Waals surface area contributed by atoms with E-state index < -0.39 is 0 Å². The molecule has 5 rings (SSSR count). The van der Waals surface area contributed by atoms with Crippen molar-refractivity contribution in [2.75, 3.05) is 56.7 Å². The Morgan fingerprint density at radius 1 is 1.12 bits per heavy atom. The van der Waals surface area contributed by atoms with Gasteiger partial charge in [-0.2, -0.15) is 4.98 Å². The summed E-state index contributed by atoms with van der Waals surface area (Å²) in [5.74, 6) is 2.69. The minimum Gasteiger partial charge on any atom is -0.497 e. The summed E-state index contributed by atoms with van der Waals surface area (Å²) in [7, 11) is 1.63. The molecule has 178 valence electrons. The third-order valence-corrected chi connectivity index (χ3v) is 6.49. The molecule has 0 radical (unpaired) electrons. The molecule has 1 atom stereocenters. The van der Waals surface area contributed by atoms with Crippen molar-refractivity contribution in [3.63, 3.8) is 0 Å². The van der Waals surface area contributed by atoms with Crippen LogP contribution in [-0.2, 0) is 6.42 Å². The number of hydrogen-bond acceptors (Lipinski definition) is 9. The van der Waals surface area contributed by atoms with Crippen LogP contribution in [0.15, 0.2) is 47.1 Å². The molecule has 1 unspecified atom stereocenters. The molecular weight excluding hydrogens is 434 g/mol. The first kappa shape index (κ1) is 22.4. The summed E-state index contributed by atoms with van der Waals surface area (Å²) < 4.78 is 10.9. The SMILES string of the molecule is COc1ccc(Nc2nc(N3CCN(CCO)CC3)nc3c2C(=O)CC(c2ccco2)C3)cc1. The number of fused-ring (bicyclic) bond motifs is 1. The zero-order chi connectivity index (χ0) is 23.5. The molecule has 2 aliphatic rings. The second-order valence-corrected chi connectivity index (χ2v) is 8.64. The number of aliphatic hydroxyl groups is 1. The van der Waals surface area contributed by atoms with Gasteiger partial charge in [0.25, 0.3) is 0 Å². The van der Waals surface area contributed by atoms with Crippen LogP contribution in [-0.4, -0.2) is 72.2 Å². The number of hydrogen-bond donors (Lipinski definition) is 2. The molecule has 3 aromatic rings. The van der Waals surface area contributed by atoms with Crippen LogP contribution in [0.25, 0.3) is 0 Å². The molecular formula is C25H29N5O4. The number of aromatic nitrogens is 2. The maximum atomic E-state index is 13.3. The number of benzene rings is 1. The summed E-state index contributed by atoms with van der Waals surface area (Å²) in [6.07, 6.45) is 2.62. The number of piperazine rings is 1. The van der Waals surface area contributed by atoms with E-state index in [1.54, 1.807) is 13.4 Å². The largest absolute Gasteiger partial charge is 0.497 e. The molecule has 0 bridgehead atoms. The van der Waals surface area contributed by atoms with Gasteiger partial charge in [0.1, 0.15) is 17.3 Å². The first-order valence-electron chi connectivity index (χ1n) is 11.6. The van der Waals surface area contributed by atoms with Crippen LogP contribution in [0.5, 0.6) is 5.75 Å². The van der Waals surface area contributed by atoms with Crippen molar-refractivity contribution in [1.29, 1.82) is 0 Å². The molecule has 1 fully saturated rings. The Hall–Kier alpha value is -3.43. The van der Waals surface area contributed by atoms with Crippen LogP contribution >= 0.6 is 0 Å². The van der Waals surface area contributed by atoms with Crippen LogP contribution < -0.4 is 15.0 Å². The van der Waals surface area contributed by atoms with Crippen LogP contribution in [0, 0.1) is 0 Å². The maximum absolute atomic E-state index is 13.3. The zero-order valence-electron chi connectivity index (χ0n) is 19.2. The smallest absolute Gasteiger partial charge is 0.227 e. The number of β-amino-alcohol motifs (C(OH)–C–C–N with tert-alkyl or cyclic N) is 1. The molecule has 1 aliphatic heterocycles. The number of rotatable bonds is 7. The third-order valence-electron chi connectivity index (χ3n) is 6.49. The van der Waals surface area contributed by atoms with E-state index in [0.29, 0.717) is 36.7 Å². The quantitative estimate of drug-likeness (QED) is 0.547. The highest BCUT2D eigenvalue weighted by Gasteiger charge is 2.33. The van der Waals surface area contributed by atoms with Gasteiger partial charge in [-0.1, -0.05) is 0 Å². The molecule has 2 N–H and O–H groups in total. The van der Waals surface area contributed by atoms with E-state index >= 15 is 0 Å². The highest BCUT2D eigenvalue weighted by Crippen LogP contribution is 2.36. The van der Waals surface area contributed by atoms with Crippen molar-refractivity contribution in [3.05, 3.63) is 59.7 Å². The Balaban J connectivity index is 1.48. The third kappa shape index (κ3) is 4.62. The van der Waals surface area contributed by atoms with Gasteiger partial charge in [-0.15, -0.1) is 0 Å². The lowest BCUT2D eigenvalue weighted by Gasteiger charge is -2.35. The maximum Gasteiger partial charge on any atom is 0.227 e. The van der Waals surface area contributed by atoms with Gasteiger partial charge in [-0.05, 0) is 36.4 Å². The predicted molar refractivity (Wildman–Crippen MR) is 128 cm³/mol. The van der Waals surface area contributed by atoms with Gasteiger partial charge >= 0.3 is 0 Å². The molecule has 0 amide bonds. The first-order valence-corrected chi connectivity index (χ1v) is 11.6. The highest BCUT2D eigenvalue weighted by molar-refractivity contribution is 6.03. The molecule has 3 heterocycles. The van der Waals surface area contributed by atoms with Gasteiger partial charge in [0.2, 0.25) is 5.95 Å². The van der Waals surface area contributed by atoms with E-state index in [0.717, 1.165) is 49.1 Å². The molecule has 9 nitrogen and oxygen atoms in total. The van der Waals surface area contributed by atoms with Crippen molar-refractivity contribution in [3.8, 4) is 5.75 Å². The van der Waals surface area contributed by atoms with Crippen LogP contribution in [0.2, 0.25) is 0 Å². The Labute approximate surface area is 198 Å². The number of ketones is 1. The first-order chi connectivity index (χ1) is 16.6. The zero-order valence-corrected chi connectivity index (χ0v) is 19.2. The van der Waals surface area contributed by atoms with E-state index in [2.05, 4.69) is 15.1 Å². The van der Waals surface area contributed by atoms with Crippen LogP contribution in [0.3, 0.4) is 0 Å². The normalized spacial score (nSPS) is 18.6. The lowest BCUT2D eigenvalue weighted by Crippen LogP contribution is -2.48. The predicted octanol–water partition coefficient (Wildman–Crippen LogP) is 2.85. The number of methoxy groups -OCH3 is 1. The van der Waals surface area contributed by atoms with E-state index in [9.17, 15) is 9.90 Å². The van der Waals surface area contributed by atoms with Crippen molar-refractivity contribution < 1.29 is 19.1 Å². The highest BCUT2D eigenvalue weighted by atomic mass is 16.5. The van der Waals surface area contributed by atoms with Gasteiger partial charge < -0.3 is 24.5 Å². The fourth-order valence-corrected chi connectivity index (χ4v) is 4.65. The Morgan fingerprint density at radius 2 is 1.91 bits per heavy atom. The van der Waals surface area contributed by atoms with Gasteiger partial charge in [0.05, 0.1) is 31.2 Å². The minimum atomic E-state index is -0.0343. The molecule has 1 saturated heterocycles. The number of anilines is 3. The number of carbonyl (C=O) groups excluding carboxylic acids is 1. The van der Waals surface area contributed by atoms with Crippen molar-refractivity contribution >= 4 is 23.2 Å². The number of aliphatic hydroxyl groups excluding tert-OH is 1. The number of nitrogens with one attached hydrogen (secondary N) is 1. The van der Waals surface area contributed by atoms with Gasteiger partial charge in [-0.25, -0.2) is 4.98 Å². The summed E-state index contributed by atoms with van der Waals surface area (Å²) in [5.41, 5.74) is 2.12. The van der Waals surface area contributed by atoms with Crippen molar-refractivity contribution in [1.82, 2.24) is 14.9 Å². The number of carbonyl (C=O) groups is 1. The summed E-state index contributed by atoms with van der Waals surface area (Å²) in [6.45, 7) is 4.00. The minimum absolute atomic E-state index is 0.0120. The Bertz CT molecular complexity index is 1120. The Kier molecular flexibility index (Phi) is 6.46. The fraction of sp³-hybridized carbons (Fsp3) is 0.400. The average Bonchev–Trinajstić information content (AvgIpc) is 3.40. The lowest BCUT2D eigenvalue weighted by molar-refractivity contribution is 0.0959. The number of Topliss-reactive ketones (excluding diaryl/α,β-unsaturated/α-hetero) is 1. The molecule has 2 aromatic heterocycles. The monoisotopic (exact) mass is 463 g/mol. The fourth-order valence-electron chi connectivity index (χ4n) is 4.65. The molecule has 0 spiro atoms. The summed E-state index contributed by atoms with van der Waals surface area (Å²) >= 11 is 0. The molecule has 0 saturated carbocycles. The topological polar surface area (TPSA) is 104 Å². The van der Waals surface area contributed by atoms with Gasteiger partial charge in [0.15, 0.2) is 5.78 Å². The Morgan fingerprint density at radius 3 is 2.59 bits per heavy atom. The van der Waals surface area contributed by atoms with E-state index in [4.69, 9.17) is 19.1 Å². The van der Waals surface area contributed by atoms with Crippen molar-refractivity contribution in [2.24, 2.45) is 0 Å². The molecule has 1 aromatic carbocycles. The summed E-state index contributed by atoms with van der Waals surface area (Å²) in [6, 6.07) is 11.3. The van der Waals surface area contributed by atoms with E-state index in [1.165, 1.54) is 0 Å².